The van der Waals surface area contributed by atoms with Gasteiger partial charge in [-0.2, -0.15) is 0 Å². The summed E-state index contributed by atoms with van der Waals surface area (Å²) in [6, 6.07) is 35.7. The van der Waals surface area contributed by atoms with E-state index in [1.165, 1.54) is 38.6 Å². The lowest BCUT2D eigenvalue weighted by atomic mass is 9.96. The van der Waals surface area contributed by atoms with E-state index in [4.69, 9.17) is 0 Å². The van der Waals surface area contributed by atoms with E-state index in [-0.39, 0.29) is 0 Å². The largest absolute Gasteiger partial charge is 0.235 e. The van der Waals surface area contributed by atoms with Crippen molar-refractivity contribution in [2.24, 2.45) is 0 Å². The summed E-state index contributed by atoms with van der Waals surface area (Å²) >= 11 is 0. The molecule has 0 aliphatic carbocycles. The molecular weight excluding hydrogens is 374 g/mol. The molecule has 0 spiro atoms. The Hall–Kier alpha value is -3.89. The molecule has 0 radical (unpaired) electrons. The highest BCUT2D eigenvalue weighted by molar-refractivity contribution is 6.07. The lowest BCUT2D eigenvalue weighted by Gasteiger charge is -2.09. The molecular formula is C30H24N+. The molecule has 1 heteroatoms. The van der Waals surface area contributed by atoms with Crippen molar-refractivity contribution in [1.82, 2.24) is 0 Å². The van der Waals surface area contributed by atoms with Gasteiger partial charge in [0.1, 0.15) is 0 Å². The van der Waals surface area contributed by atoms with Crippen LogP contribution in [0.2, 0.25) is 0 Å². The Morgan fingerprint density at radius 3 is 1.71 bits per heavy atom. The number of hydrogen-bond donors (Lipinski definition) is 0. The maximum absolute atomic E-state index is 3.49. The number of para-hydroxylation sites is 2. The van der Waals surface area contributed by atoms with Gasteiger partial charge in [-0.3, -0.25) is 0 Å². The van der Waals surface area contributed by atoms with Gasteiger partial charge in [0.05, 0.1) is 10.8 Å². The van der Waals surface area contributed by atoms with Crippen LogP contribution in [0.1, 0.15) is 22.3 Å². The smallest absolute Gasteiger partial charge is 0.103 e. The lowest BCUT2D eigenvalue weighted by molar-refractivity contribution is -0.524. The van der Waals surface area contributed by atoms with Gasteiger partial charge in [-0.25, -0.2) is 0 Å². The van der Waals surface area contributed by atoms with Gasteiger partial charge in [-0.1, -0.05) is 72.3 Å². The molecule has 1 aromatic heterocycles. The molecule has 148 valence electrons. The van der Waals surface area contributed by atoms with Crippen molar-refractivity contribution in [2.45, 2.75) is 20.8 Å². The van der Waals surface area contributed by atoms with Gasteiger partial charge >= 0.3 is 0 Å². The molecule has 0 saturated heterocycles. The lowest BCUT2D eigenvalue weighted by Crippen LogP contribution is -2.30. The first-order valence-electron chi connectivity index (χ1n) is 10.6. The van der Waals surface area contributed by atoms with Crippen molar-refractivity contribution in [3.8, 4) is 23.1 Å². The van der Waals surface area contributed by atoms with E-state index in [1.54, 1.807) is 0 Å². The standard InChI is InChI=1S/C30H24N/c1-21-19-22(2)25(23(3)20-21)17-18-31-28-15-9-7-13-26(28)30(24-11-5-4-6-12-24)27-14-8-10-16-29(27)31/h4-16,19-20H,1-3H3/q+1. The van der Waals surface area contributed by atoms with Crippen molar-refractivity contribution in [2.75, 3.05) is 0 Å². The molecule has 1 heterocycles. The molecule has 0 unspecified atom stereocenters. The van der Waals surface area contributed by atoms with Crippen LogP contribution in [0.3, 0.4) is 0 Å². The van der Waals surface area contributed by atoms with Crippen molar-refractivity contribution >= 4 is 21.8 Å². The minimum atomic E-state index is 1.11. The van der Waals surface area contributed by atoms with E-state index < -0.39 is 0 Å². The first-order chi connectivity index (χ1) is 15.1. The zero-order valence-corrected chi connectivity index (χ0v) is 18.1. The predicted molar refractivity (Wildman–Crippen MR) is 130 cm³/mol. The number of pyridine rings is 1. The van der Waals surface area contributed by atoms with Crippen LogP contribution in [0.5, 0.6) is 0 Å². The second-order valence-corrected chi connectivity index (χ2v) is 8.12. The number of nitrogens with zero attached hydrogens (tertiary/aromatic N) is 1. The Kier molecular flexibility index (Phi) is 4.77. The fraction of sp³-hybridized carbons (Fsp3) is 0.100. The fourth-order valence-corrected chi connectivity index (χ4v) is 4.56. The average Bonchev–Trinajstić information content (AvgIpc) is 2.78. The van der Waals surface area contributed by atoms with Crippen LogP contribution >= 0.6 is 0 Å². The second-order valence-electron chi connectivity index (χ2n) is 8.12. The molecule has 0 N–H and O–H groups in total. The molecule has 5 aromatic rings. The third-order valence-corrected chi connectivity index (χ3v) is 5.86. The van der Waals surface area contributed by atoms with E-state index in [1.807, 2.05) is 0 Å². The van der Waals surface area contributed by atoms with E-state index in [0.29, 0.717) is 0 Å². The summed E-state index contributed by atoms with van der Waals surface area (Å²) in [7, 11) is 0. The minimum absolute atomic E-state index is 1.11. The van der Waals surface area contributed by atoms with Crippen LogP contribution in [0.4, 0.5) is 0 Å². The SMILES string of the molecule is Cc1cc(C)c(C#C[n+]2c3ccccc3c(-c3ccccc3)c3ccccc32)c(C)c1. The zero-order chi connectivity index (χ0) is 21.4. The molecule has 0 fully saturated rings. The molecule has 0 saturated carbocycles. The van der Waals surface area contributed by atoms with E-state index >= 15 is 0 Å². The summed E-state index contributed by atoms with van der Waals surface area (Å²) in [4.78, 5) is 0. The number of fused-ring (bicyclic) bond motifs is 2. The average molecular weight is 399 g/mol. The molecule has 5 rings (SSSR count). The highest BCUT2D eigenvalue weighted by Crippen LogP contribution is 2.33. The third kappa shape index (κ3) is 3.37. The summed E-state index contributed by atoms with van der Waals surface area (Å²) in [6.07, 6.45) is 0. The normalized spacial score (nSPS) is 10.8. The molecule has 0 bridgehead atoms. The molecule has 0 aliphatic heterocycles. The highest BCUT2D eigenvalue weighted by Gasteiger charge is 2.20. The van der Waals surface area contributed by atoms with Crippen molar-refractivity contribution in [3.05, 3.63) is 113 Å². The van der Waals surface area contributed by atoms with Gasteiger partial charge < -0.3 is 0 Å². The summed E-state index contributed by atoms with van der Waals surface area (Å²) in [5.41, 5.74) is 9.55. The Balaban J connectivity index is 1.86. The number of aromatic nitrogens is 1. The van der Waals surface area contributed by atoms with Gasteiger partial charge in [-0.15, -0.1) is 4.57 Å². The summed E-state index contributed by atoms with van der Waals surface area (Å²) < 4.78 is 2.15. The van der Waals surface area contributed by atoms with Crippen LogP contribution in [-0.2, 0) is 0 Å². The van der Waals surface area contributed by atoms with Gasteiger partial charge in [0.15, 0.2) is 0 Å². The monoisotopic (exact) mass is 398 g/mol. The van der Waals surface area contributed by atoms with Crippen LogP contribution in [0.15, 0.2) is 91.0 Å². The van der Waals surface area contributed by atoms with E-state index in [2.05, 4.69) is 128 Å². The quantitative estimate of drug-likeness (QED) is 0.167. The van der Waals surface area contributed by atoms with Gasteiger partial charge in [0, 0.05) is 29.2 Å². The molecule has 1 nitrogen and oxygen atoms in total. The molecule has 0 atom stereocenters. The van der Waals surface area contributed by atoms with Gasteiger partial charge in [-0.05, 0) is 49.6 Å². The molecule has 0 amide bonds. The maximum atomic E-state index is 3.49. The summed E-state index contributed by atoms with van der Waals surface area (Å²) in [5.74, 6) is 3.48. The topological polar surface area (TPSA) is 3.88 Å². The Bertz CT molecular complexity index is 1420. The first kappa shape index (κ1) is 19.1. The van der Waals surface area contributed by atoms with E-state index in [0.717, 1.165) is 16.6 Å². The maximum Gasteiger partial charge on any atom is 0.235 e. The summed E-state index contributed by atoms with van der Waals surface area (Å²) in [5, 5.41) is 2.41. The predicted octanol–water partition coefficient (Wildman–Crippen LogP) is 6.73. The highest BCUT2D eigenvalue weighted by atomic mass is 14.9. The summed E-state index contributed by atoms with van der Waals surface area (Å²) in [6.45, 7) is 6.42. The number of hydrogen-bond acceptors (Lipinski definition) is 0. The second kappa shape index (κ2) is 7.74. The van der Waals surface area contributed by atoms with Crippen molar-refractivity contribution < 1.29 is 4.57 Å². The first-order valence-corrected chi connectivity index (χ1v) is 10.6. The zero-order valence-electron chi connectivity index (χ0n) is 18.1. The number of aryl methyl sites for hydroxylation is 3. The van der Waals surface area contributed by atoms with Crippen molar-refractivity contribution in [3.63, 3.8) is 0 Å². The van der Waals surface area contributed by atoms with Gasteiger partial charge in [0.2, 0.25) is 17.1 Å². The number of benzene rings is 4. The Labute approximate surface area is 183 Å². The van der Waals surface area contributed by atoms with Crippen LogP contribution in [-0.4, -0.2) is 0 Å². The fourth-order valence-electron chi connectivity index (χ4n) is 4.56. The molecule has 0 aliphatic rings. The minimum Gasteiger partial charge on any atom is -0.103 e. The molecule has 4 aromatic carbocycles. The van der Waals surface area contributed by atoms with Crippen LogP contribution in [0, 0.1) is 32.7 Å². The number of rotatable bonds is 1. The Morgan fingerprint density at radius 1 is 0.613 bits per heavy atom. The van der Waals surface area contributed by atoms with Crippen LogP contribution in [0.25, 0.3) is 32.9 Å². The third-order valence-electron chi connectivity index (χ3n) is 5.86. The van der Waals surface area contributed by atoms with Crippen molar-refractivity contribution in [1.29, 1.82) is 0 Å². The van der Waals surface area contributed by atoms with Crippen LogP contribution < -0.4 is 4.57 Å². The van der Waals surface area contributed by atoms with E-state index in [9.17, 15) is 0 Å². The van der Waals surface area contributed by atoms with Gasteiger partial charge in [0.25, 0.3) is 0 Å². The molecule has 31 heavy (non-hydrogen) atoms. The Morgan fingerprint density at radius 2 is 1.13 bits per heavy atom.